The van der Waals surface area contributed by atoms with Crippen LogP contribution in [0.3, 0.4) is 0 Å². The van der Waals surface area contributed by atoms with Crippen LogP contribution in [0.5, 0.6) is 0 Å². The summed E-state index contributed by atoms with van der Waals surface area (Å²) in [5.41, 5.74) is 0. The molecule has 0 aromatic rings. The van der Waals surface area contributed by atoms with Gasteiger partial charge in [-0.3, -0.25) is 14.5 Å². The molecule has 2 aliphatic heterocycles. The van der Waals surface area contributed by atoms with Gasteiger partial charge in [-0.15, -0.1) is 0 Å². The van der Waals surface area contributed by atoms with Crippen LogP contribution >= 0.6 is 0 Å². The second-order valence-electron chi connectivity index (χ2n) is 6.22. The topological polar surface area (TPSA) is 40.6 Å². The van der Waals surface area contributed by atoms with Crippen molar-refractivity contribution < 1.29 is 9.59 Å². The minimum atomic E-state index is 0.180. The molecule has 0 spiro atoms. The first-order chi connectivity index (χ1) is 9.06. The van der Waals surface area contributed by atoms with Crippen molar-refractivity contribution in [2.45, 2.75) is 39.5 Å². The second kappa shape index (κ2) is 6.51. The monoisotopic (exact) mass is 266 g/mol. The number of carbonyl (C=O) groups excluding carboxylic acids is 2. The lowest BCUT2D eigenvalue weighted by Crippen LogP contribution is -2.46. The average molecular weight is 266 g/mol. The van der Waals surface area contributed by atoms with E-state index in [-0.39, 0.29) is 17.6 Å². The minimum absolute atomic E-state index is 0.180. The molecule has 4 nitrogen and oxygen atoms in total. The Labute approximate surface area is 116 Å². The largest absolute Gasteiger partial charge is 0.342 e. The normalized spacial score (nSPS) is 23.6. The van der Waals surface area contributed by atoms with Gasteiger partial charge in [0.05, 0.1) is 6.54 Å². The van der Waals surface area contributed by atoms with E-state index in [1.165, 1.54) is 12.8 Å². The molecule has 0 bridgehead atoms. The molecule has 0 radical (unpaired) electrons. The third-order valence-corrected chi connectivity index (χ3v) is 4.66. The predicted octanol–water partition coefficient (Wildman–Crippen LogP) is 1.55. The fourth-order valence-corrected chi connectivity index (χ4v) is 3.05. The number of rotatable bonds is 3. The highest BCUT2D eigenvalue weighted by Gasteiger charge is 2.26. The number of piperidine rings is 2. The third kappa shape index (κ3) is 4.03. The van der Waals surface area contributed by atoms with Crippen LogP contribution in [-0.4, -0.2) is 54.2 Å². The Hall–Kier alpha value is -0.900. The molecule has 2 rings (SSSR count). The molecule has 0 unspecified atom stereocenters. The summed E-state index contributed by atoms with van der Waals surface area (Å²) < 4.78 is 0. The lowest BCUT2D eigenvalue weighted by molar-refractivity contribution is -0.136. The highest BCUT2D eigenvalue weighted by atomic mass is 16.2. The van der Waals surface area contributed by atoms with E-state index in [2.05, 4.69) is 11.8 Å². The summed E-state index contributed by atoms with van der Waals surface area (Å²) in [7, 11) is 0. The van der Waals surface area contributed by atoms with Gasteiger partial charge >= 0.3 is 0 Å². The molecule has 2 heterocycles. The van der Waals surface area contributed by atoms with Crippen molar-refractivity contribution in [2.24, 2.45) is 11.8 Å². The molecule has 108 valence electrons. The lowest BCUT2D eigenvalue weighted by Gasteiger charge is -2.34. The van der Waals surface area contributed by atoms with Crippen LogP contribution in [0, 0.1) is 11.8 Å². The highest BCUT2D eigenvalue weighted by molar-refractivity contribution is 5.80. The van der Waals surface area contributed by atoms with Gasteiger partial charge in [-0.1, -0.05) is 6.92 Å². The summed E-state index contributed by atoms with van der Waals surface area (Å²) in [5, 5.41) is 0. The summed E-state index contributed by atoms with van der Waals surface area (Å²) in [6.45, 7) is 8.13. The van der Waals surface area contributed by atoms with Gasteiger partial charge in [-0.2, -0.15) is 0 Å². The number of carbonyl (C=O) groups is 2. The molecule has 19 heavy (non-hydrogen) atoms. The van der Waals surface area contributed by atoms with Crippen LogP contribution in [0.1, 0.15) is 39.5 Å². The van der Waals surface area contributed by atoms with Crippen LogP contribution in [0.15, 0.2) is 0 Å². The van der Waals surface area contributed by atoms with Crippen molar-refractivity contribution in [1.29, 1.82) is 0 Å². The predicted molar refractivity (Wildman–Crippen MR) is 74.8 cm³/mol. The summed E-state index contributed by atoms with van der Waals surface area (Å²) in [6, 6.07) is 0. The summed E-state index contributed by atoms with van der Waals surface area (Å²) in [4.78, 5) is 27.8. The number of nitrogens with zero attached hydrogens (tertiary/aromatic N) is 2. The standard InChI is InChI=1S/C15H26N2O2/c1-12-3-7-16(8-4-12)11-15(19)17-9-5-14(6-10-17)13(2)18/h12,14H,3-11H2,1-2H3. The Kier molecular flexibility index (Phi) is 4.97. The van der Waals surface area contributed by atoms with E-state index in [9.17, 15) is 9.59 Å². The van der Waals surface area contributed by atoms with Crippen molar-refractivity contribution in [2.75, 3.05) is 32.7 Å². The van der Waals surface area contributed by atoms with Crippen LogP contribution < -0.4 is 0 Å². The fourth-order valence-electron chi connectivity index (χ4n) is 3.05. The Balaban J connectivity index is 1.74. The Morgan fingerprint density at radius 3 is 2.11 bits per heavy atom. The summed E-state index contributed by atoms with van der Waals surface area (Å²) in [5.74, 6) is 1.51. The first kappa shape index (κ1) is 14.5. The Morgan fingerprint density at radius 1 is 1.00 bits per heavy atom. The fraction of sp³-hybridized carbons (Fsp3) is 0.867. The maximum atomic E-state index is 12.2. The quantitative estimate of drug-likeness (QED) is 0.778. The molecule has 0 aromatic heterocycles. The van der Waals surface area contributed by atoms with Gasteiger partial charge in [-0.05, 0) is 51.6 Å². The maximum absolute atomic E-state index is 12.2. The van der Waals surface area contributed by atoms with Gasteiger partial charge in [0.25, 0.3) is 0 Å². The van der Waals surface area contributed by atoms with Crippen molar-refractivity contribution >= 4 is 11.7 Å². The number of Topliss-reactive ketones (excluding diaryl/α,β-unsaturated/α-hetero) is 1. The molecular weight excluding hydrogens is 240 g/mol. The van der Waals surface area contributed by atoms with Crippen LogP contribution in [0.2, 0.25) is 0 Å². The zero-order valence-electron chi connectivity index (χ0n) is 12.2. The number of hydrogen-bond donors (Lipinski definition) is 0. The van der Waals surface area contributed by atoms with E-state index in [1.54, 1.807) is 6.92 Å². The molecule has 0 saturated carbocycles. The van der Waals surface area contributed by atoms with E-state index < -0.39 is 0 Å². The van der Waals surface area contributed by atoms with Crippen molar-refractivity contribution in [3.05, 3.63) is 0 Å². The molecule has 0 aliphatic carbocycles. The van der Waals surface area contributed by atoms with E-state index in [0.717, 1.165) is 44.9 Å². The van der Waals surface area contributed by atoms with Gasteiger partial charge in [0, 0.05) is 19.0 Å². The summed E-state index contributed by atoms with van der Waals surface area (Å²) in [6.07, 6.45) is 4.11. The smallest absolute Gasteiger partial charge is 0.236 e. The molecule has 2 fully saturated rings. The first-order valence-electron chi connectivity index (χ1n) is 7.57. The first-order valence-corrected chi connectivity index (χ1v) is 7.57. The lowest BCUT2D eigenvalue weighted by atomic mass is 9.93. The molecule has 0 aromatic carbocycles. The number of ketones is 1. The molecule has 0 N–H and O–H groups in total. The molecule has 4 heteroatoms. The Morgan fingerprint density at radius 2 is 1.58 bits per heavy atom. The zero-order valence-corrected chi connectivity index (χ0v) is 12.2. The molecule has 2 aliphatic rings. The van der Waals surface area contributed by atoms with Crippen molar-refractivity contribution in [3.8, 4) is 0 Å². The molecule has 2 saturated heterocycles. The zero-order chi connectivity index (χ0) is 13.8. The van der Waals surface area contributed by atoms with Gasteiger partial charge in [0.2, 0.25) is 5.91 Å². The van der Waals surface area contributed by atoms with E-state index in [0.29, 0.717) is 6.54 Å². The van der Waals surface area contributed by atoms with E-state index >= 15 is 0 Å². The van der Waals surface area contributed by atoms with Crippen LogP contribution in [-0.2, 0) is 9.59 Å². The van der Waals surface area contributed by atoms with Gasteiger partial charge in [0.15, 0.2) is 0 Å². The van der Waals surface area contributed by atoms with Crippen LogP contribution in [0.4, 0.5) is 0 Å². The SMILES string of the molecule is CC(=O)C1CCN(C(=O)CN2CCC(C)CC2)CC1. The van der Waals surface area contributed by atoms with Gasteiger partial charge < -0.3 is 4.90 Å². The van der Waals surface area contributed by atoms with Gasteiger partial charge in [-0.25, -0.2) is 0 Å². The molecule has 0 atom stereocenters. The number of hydrogen-bond acceptors (Lipinski definition) is 3. The minimum Gasteiger partial charge on any atom is -0.342 e. The van der Waals surface area contributed by atoms with Crippen molar-refractivity contribution in [3.63, 3.8) is 0 Å². The third-order valence-electron chi connectivity index (χ3n) is 4.66. The number of likely N-dealkylation sites (tertiary alicyclic amines) is 2. The summed E-state index contributed by atoms with van der Waals surface area (Å²) >= 11 is 0. The molecular formula is C15H26N2O2. The maximum Gasteiger partial charge on any atom is 0.236 e. The van der Waals surface area contributed by atoms with E-state index in [4.69, 9.17) is 0 Å². The van der Waals surface area contributed by atoms with Crippen molar-refractivity contribution in [1.82, 2.24) is 9.80 Å². The highest BCUT2D eigenvalue weighted by Crippen LogP contribution is 2.19. The molecule has 1 amide bonds. The second-order valence-corrected chi connectivity index (χ2v) is 6.22. The Bertz CT molecular complexity index is 327. The van der Waals surface area contributed by atoms with Crippen LogP contribution in [0.25, 0.3) is 0 Å². The number of amides is 1. The van der Waals surface area contributed by atoms with E-state index in [1.807, 2.05) is 4.90 Å². The van der Waals surface area contributed by atoms with Gasteiger partial charge in [0.1, 0.15) is 5.78 Å². The average Bonchev–Trinajstić information content (AvgIpc) is 2.41.